The van der Waals surface area contributed by atoms with Gasteiger partial charge in [-0.25, -0.2) is 9.97 Å². The van der Waals surface area contributed by atoms with Gasteiger partial charge in [-0.1, -0.05) is 48.5 Å². The minimum absolute atomic E-state index is 0. The van der Waals surface area contributed by atoms with Crippen molar-refractivity contribution in [1.82, 2.24) is 14.5 Å². The fourth-order valence-corrected chi connectivity index (χ4v) is 3.40. The zero-order chi connectivity index (χ0) is 17.5. The summed E-state index contributed by atoms with van der Waals surface area (Å²) < 4.78 is 2.07. The molecular formula is C22H15N3OZn. The Morgan fingerprint density at radius 3 is 2.44 bits per heavy atom. The van der Waals surface area contributed by atoms with Crippen molar-refractivity contribution < 1.29 is 24.6 Å². The molecular weight excluding hydrogens is 388 g/mol. The van der Waals surface area contributed by atoms with Gasteiger partial charge < -0.3 is 5.11 Å². The molecule has 0 aliphatic carbocycles. The van der Waals surface area contributed by atoms with E-state index in [1.165, 1.54) is 0 Å². The Morgan fingerprint density at radius 1 is 0.778 bits per heavy atom. The summed E-state index contributed by atoms with van der Waals surface area (Å²) in [6, 6.07) is 25.6. The number of benzene rings is 3. The van der Waals surface area contributed by atoms with Crippen molar-refractivity contribution in [2.45, 2.75) is 0 Å². The van der Waals surface area contributed by atoms with E-state index in [-0.39, 0.29) is 25.2 Å². The van der Waals surface area contributed by atoms with Crippen molar-refractivity contribution in [1.29, 1.82) is 0 Å². The van der Waals surface area contributed by atoms with E-state index in [1.54, 1.807) is 12.3 Å². The zero-order valence-electron chi connectivity index (χ0n) is 14.6. The van der Waals surface area contributed by atoms with Crippen LogP contribution in [-0.2, 0) is 19.5 Å². The average molecular weight is 403 g/mol. The molecule has 1 N–H and O–H groups in total. The predicted molar refractivity (Wildman–Crippen MR) is 103 cm³/mol. The largest absolute Gasteiger partial charge is 0.507 e. The maximum atomic E-state index is 10.4. The molecule has 5 aromatic rings. The Bertz CT molecular complexity index is 1260. The molecule has 0 fully saturated rings. The smallest absolute Gasteiger partial charge is 0.178 e. The van der Waals surface area contributed by atoms with Gasteiger partial charge in [-0.05, 0) is 35.7 Å². The summed E-state index contributed by atoms with van der Waals surface area (Å²) in [7, 11) is 0. The second kappa shape index (κ2) is 6.94. The predicted octanol–water partition coefficient (Wildman–Crippen LogP) is 4.94. The number of fused-ring (bicyclic) bond motifs is 2. The SMILES string of the molecule is Oc1ccccc1-c1nc2ncccc2n1-c1cccc2ccccc12.[Zn]. The number of imidazole rings is 1. The molecule has 0 spiro atoms. The van der Waals surface area contributed by atoms with E-state index in [2.05, 4.69) is 33.8 Å². The number of aromatic nitrogens is 3. The first-order valence-electron chi connectivity index (χ1n) is 8.43. The van der Waals surface area contributed by atoms with Crippen LogP contribution in [0, 0.1) is 0 Å². The Kier molecular flexibility index (Phi) is 4.46. The summed E-state index contributed by atoms with van der Waals surface area (Å²) in [6.07, 6.45) is 1.73. The molecule has 0 radical (unpaired) electrons. The van der Waals surface area contributed by atoms with Crippen LogP contribution in [0.2, 0.25) is 0 Å². The molecule has 0 aliphatic rings. The van der Waals surface area contributed by atoms with Crippen LogP contribution >= 0.6 is 0 Å². The van der Waals surface area contributed by atoms with Crippen molar-refractivity contribution in [3.05, 3.63) is 85.1 Å². The molecule has 5 heteroatoms. The summed E-state index contributed by atoms with van der Waals surface area (Å²) in [5.41, 5.74) is 3.25. The van der Waals surface area contributed by atoms with Crippen LogP contribution in [0.4, 0.5) is 0 Å². The van der Waals surface area contributed by atoms with Gasteiger partial charge >= 0.3 is 0 Å². The second-order valence-electron chi connectivity index (χ2n) is 6.13. The molecule has 27 heavy (non-hydrogen) atoms. The number of aromatic hydroxyl groups is 1. The Hall–Kier alpha value is -3.04. The van der Waals surface area contributed by atoms with Crippen LogP contribution in [0.15, 0.2) is 85.1 Å². The minimum Gasteiger partial charge on any atom is -0.507 e. The van der Waals surface area contributed by atoms with Gasteiger partial charge in [-0.2, -0.15) is 0 Å². The third-order valence-electron chi connectivity index (χ3n) is 4.58. The fraction of sp³-hybridized carbons (Fsp3) is 0. The van der Waals surface area contributed by atoms with Gasteiger partial charge in [-0.3, -0.25) is 4.57 Å². The Morgan fingerprint density at radius 2 is 1.56 bits per heavy atom. The summed E-state index contributed by atoms with van der Waals surface area (Å²) in [6.45, 7) is 0. The molecule has 126 valence electrons. The normalized spacial score (nSPS) is 10.8. The van der Waals surface area contributed by atoms with E-state index < -0.39 is 0 Å². The molecule has 0 atom stereocenters. The molecule has 0 unspecified atom stereocenters. The first kappa shape index (κ1) is 17.4. The summed E-state index contributed by atoms with van der Waals surface area (Å²) >= 11 is 0. The van der Waals surface area contributed by atoms with Crippen LogP contribution in [0.5, 0.6) is 5.75 Å². The number of pyridine rings is 1. The zero-order valence-corrected chi connectivity index (χ0v) is 17.5. The van der Waals surface area contributed by atoms with Crippen LogP contribution in [0.3, 0.4) is 0 Å². The van der Waals surface area contributed by atoms with Crippen LogP contribution in [-0.4, -0.2) is 19.6 Å². The van der Waals surface area contributed by atoms with E-state index in [0.29, 0.717) is 17.0 Å². The third kappa shape index (κ3) is 2.81. The average Bonchev–Trinajstić information content (AvgIpc) is 3.07. The summed E-state index contributed by atoms with van der Waals surface area (Å²) in [4.78, 5) is 9.13. The van der Waals surface area contributed by atoms with Gasteiger partial charge in [0.2, 0.25) is 0 Å². The molecule has 0 saturated heterocycles. The number of para-hydroxylation sites is 1. The molecule has 0 bridgehead atoms. The van der Waals surface area contributed by atoms with E-state index in [1.807, 2.05) is 48.5 Å². The number of hydrogen-bond donors (Lipinski definition) is 1. The maximum absolute atomic E-state index is 10.4. The van der Waals surface area contributed by atoms with Gasteiger partial charge in [0.15, 0.2) is 11.5 Å². The quantitative estimate of drug-likeness (QED) is 0.425. The monoisotopic (exact) mass is 401 g/mol. The van der Waals surface area contributed by atoms with Crippen LogP contribution in [0.25, 0.3) is 39.0 Å². The first-order valence-corrected chi connectivity index (χ1v) is 8.43. The fourth-order valence-electron chi connectivity index (χ4n) is 3.40. The standard InChI is InChI=1S/C22H15N3O.Zn/c26-20-13-4-3-10-17(20)22-24-21-19(12-6-14-23-21)25(22)18-11-5-8-15-7-1-2-9-16(15)18;/h1-14,26H;. The molecule has 5 rings (SSSR count). The number of rotatable bonds is 2. The number of phenolic OH excluding ortho intramolecular Hbond substituents is 1. The van der Waals surface area contributed by atoms with Gasteiger partial charge in [0.05, 0.1) is 16.8 Å². The van der Waals surface area contributed by atoms with Gasteiger partial charge in [0.25, 0.3) is 0 Å². The van der Waals surface area contributed by atoms with Crippen molar-refractivity contribution >= 4 is 21.9 Å². The molecule has 3 aromatic carbocycles. The van der Waals surface area contributed by atoms with E-state index in [4.69, 9.17) is 4.98 Å². The van der Waals surface area contributed by atoms with Gasteiger partial charge in [0, 0.05) is 31.1 Å². The van der Waals surface area contributed by atoms with Crippen molar-refractivity contribution in [2.75, 3.05) is 0 Å². The van der Waals surface area contributed by atoms with Gasteiger partial charge in [-0.15, -0.1) is 0 Å². The third-order valence-corrected chi connectivity index (χ3v) is 4.58. The molecule has 2 heterocycles. The molecule has 0 aliphatic heterocycles. The van der Waals surface area contributed by atoms with Crippen LogP contribution in [0.1, 0.15) is 0 Å². The summed E-state index contributed by atoms with van der Waals surface area (Å²) in [5, 5.41) is 12.7. The molecule has 0 saturated carbocycles. The van der Waals surface area contributed by atoms with Gasteiger partial charge in [0.1, 0.15) is 5.75 Å². The Balaban J connectivity index is 0.00000180. The number of hydrogen-bond acceptors (Lipinski definition) is 3. The van der Waals surface area contributed by atoms with Crippen molar-refractivity contribution in [3.63, 3.8) is 0 Å². The van der Waals surface area contributed by atoms with E-state index >= 15 is 0 Å². The summed E-state index contributed by atoms with van der Waals surface area (Å²) in [5.74, 6) is 0.873. The molecule has 2 aromatic heterocycles. The first-order chi connectivity index (χ1) is 12.8. The Labute approximate surface area is 168 Å². The maximum Gasteiger partial charge on any atom is 0.178 e. The second-order valence-corrected chi connectivity index (χ2v) is 6.13. The number of nitrogens with zero attached hydrogens (tertiary/aromatic N) is 3. The molecule has 0 amide bonds. The molecule has 4 nitrogen and oxygen atoms in total. The van der Waals surface area contributed by atoms with E-state index in [0.717, 1.165) is 22.0 Å². The van der Waals surface area contributed by atoms with Crippen LogP contribution < -0.4 is 0 Å². The van der Waals surface area contributed by atoms with Crippen molar-refractivity contribution in [3.8, 4) is 22.8 Å². The van der Waals surface area contributed by atoms with E-state index in [9.17, 15) is 5.11 Å². The minimum atomic E-state index is 0. The van der Waals surface area contributed by atoms with Crippen molar-refractivity contribution in [2.24, 2.45) is 0 Å². The topological polar surface area (TPSA) is 50.9 Å². The number of phenols is 1.